The van der Waals surface area contributed by atoms with E-state index in [0.717, 1.165) is 0 Å². The van der Waals surface area contributed by atoms with E-state index in [9.17, 15) is 13.2 Å². The third-order valence-electron chi connectivity index (χ3n) is 3.37. The Bertz CT molecular complexity index is 632. The molecule has 1 aromatic heterocycles. The molecule has 9 heteroatoms. The summed E-state index contributed by atoms with van der Waals surface area (Å²) in [7, 11) is -3.68. The smallest absolute Gasteiger partial charge is 0.305 e. The second-order valence-electron chi connectivity index (χ2n) is 5.05. The zero-order valence-corrected chi connectivity index (χ0v) is 12.8. The van der Waals surface area contributed by atoms with Gasteiger partial charge in [-0.1, -0.05) is 0 Å². The topological polar surface area (TPSA) is 111 Å². The fourth-order valence-corrected chi connectivity index (χ4v) is 4.06. The molecule has 1 atom stereocenters. The van der Waals surface area contributed by atoms with Crippen molar-refractivity contribution in [1.82, 2.24) is 14.5 Å². The Morgan fingerprint density at radius 1 is 1.52 bits per heavy atom. The fourth-order valence-electron chi connectivity index (χ4n) is 2.39. The SMILES string of the molecule is Cc1nn(CCC(=O)O)c(C)c1S(=O)(=O)NC1CCOC1. The molecule has 8 nitrogen and oxygen atoms in total. The van der Waals surface area contributed by atoms with Crippen LogP contribution in [-0.4, -0.2) is 48.5 Å². The molecule has 1 fully saturated rings. The largest absolute Gasteiger partial charge is 0.481 e. The Hall–Kier alpha value is -1.45. The van der Waals surface area contributed by atoms with Gasteiger partial charge in [-0.2, -0.15) is 5.10 Å². The number of sulfonamides is 1. The summed E-state index contributed by atoms with van der Waals surface area (Å²) < 4.78 is 34.1. The second-order valence-corrected chi connectivity index (χ2v) is 6.70. The van der Waals surface area contributed by atoms with E-state index in [1.165, 1.54) is 4.68 Å². The van der Waals surface area contributed by atoms with Crippen molar-refractivity contribution in [2.24, 2.45) is 0 Å². The van der Waals surface area contributed by atoms with E-state index in [0.29, 0.717) is 31.0 Å². The summed E-state index contributed by atoms with van der Waals surface area (Å²) in [4.78, 5) is 10.7. The molecule has 0 aliphatic carbocycles. The highest BCUT2D eigenvalue weighted by Gasteiger charge is 2.28. The molecule has 1 unspecified atom stereocenters. The maximum absolute atomic E-state index is 12.4. The first kappa shape index (κ1) is 15.9. The lowest BCUT2D eigenvalue weighted by atomic mass is 10.3. The van der Waals surface area contributed by atoms with Crippen molar-refractivity contribution in [2.45, 2.75) is 44.2 Å². The van der Waals surface area contributed by atoms with Gasteiger partial charge in [-0.05, 0) is 20.3 Å². The normalized spacial score (nSPS) is 19.0. The van der Waals surface area contributed by atoms with Gasteiger partial charge in [0.25, 0.3) is 0 Å². The molecular weight excluding hydrogens is 298 g/mol. The molecule has 0 aromatic carbocycles. The molecule has 1 aliphatic heterocycles. The average molecular weight is 317 g/mol. The highest BCUT2D eigenvalue weighted by Crippen LogP contribution is 2.20. The average Bonchev–Trinajstić information content (AvgIpc) is 2.94. The Morgan fingerprint density at radius 2 is 2.24 bits per heavy atom. The number of carboxylic acid groups (broad SMARTS) is 1. The number of nitrogens with zero attached hydrogens (tertiary/aromatic N) is 2. The zero-order chi connectivity index (χ0) is 15.6. The van der Waals surface area contributed by atoms with Gasteiger partial charge in [0.2, 0.25) is 10.0 Å². The quantitative estimate of drug-likeness (QED) is 0.766. The number of hydrogen-bond donors (Lipinski definition) is 2. The van der Waals surface area contributed by atoms with Crippen LogP contribution in [0, 0.1) is 13.8 Å². The van der Waals surface area contributed by atoms with Gasteiger partial charge >= 0.3 is 5.97 Å². The van der Waals surface area contributed by atoms with Gasteiger partial charge in [0.1, 0.15) is 4.90 Å². The lowest BCUT2D eigenvalue weighted by Gasteiger charge is -2.11. The van der Waals surface area contributed by atoms with Crippen LogP contribution in [0.25, 0.3) is 0 Å². The summed E-state index contributed by atoms with van der Waals surface area (Å²) in [6.45, 7) is 4.28. The van der Waals surface area contributed by atoms with Gasteiger partial charge in [-0.3, -0.25) is 9.48 Å². The van der Waals surface area contributed by atoms with E-state index >= 15 is 0 Å². The number of nitrogens with one attached hydrogen (secondary N) is 1. The summed E-state index contributed by atoms with van der Waals surface area (Å²) in [5, 5.41) is 12.8. The standard InChI is InChI=1S/C12H19N3O5S/c1-8-12(9(2)15(13-8)5-3-11(16)17)21(18,19)14-10-4-6-20-7-10/h10,14H,3-7H2,1-2H3,(H,16,17). The first-order chi connectivity index (χ1) is 9.81. The number of ether oxygens (including phenoxy) is 1. The molecule has 0 amide bonds. The van der Waals surface area contributed by atoms with E-state index < -0.39 is 16.0 Å². The molecule has 0 bridgehead atoms. The minimum atomic E-state index is -3.68. The number of aromatic nitrogens is 2. The summed E-state index contributed by atoms with van der Waals surface area (Å²) in [6, 6.07) is -0.226. The number of carboxylic acids is 1. The number of carbonyl (C=O) groups is 1. The molecule has 1 aromatic rings. The summed E-state index contributed by atoms with van der Waals surface area (Å²) >= 11 is 0. The van der Waals surface area contributed by atoms with Gasteiger partial charge in [0.15, 0.2) is 0 Å². The van der Waals surface area contributed by atoms with Crippen LogP contribution in [0.5, 0.6) is 0 Å². The molecule has 2 rings (SSSR count). The monoisotopic (exact) mass is 317 g/mol. The molecule has 2 heterocycles. The van der Waals surface area contributed by atoms with E-state index in [-0.39, 0.29) is 23.9 Å². The Labute approximate surface area is 123 Å². The summed E-state index contributed by atoms with van der Waals surface area (Å²) in [6.07, 6.45) is 0.538. The number of rotatable bonds is 6. The van der Waals surface area contributed by atoms with Crippen molar-refractivity contribution in [3.05, 3.63) is 11.4 Å². The molecule has 118 valence electrons. The first-order valence-electron chi connectivity index (χ1n) is 6.67. The molecule has 0 saturated carbocycles. The number of aryl methyl sites for hydroxylation is 2. The highest BCUT2D eigenvalue weighted by atomic mass is 32.2. The van der Waals surface area contributed by atoms with Crippen molar-refractivity contribution < 1.29 is 23.1 Å². The Kier molecular flexibility index (Phi) is 4.64. The third-order valence-corrected chi connectivity index (χ3v) is 5.14. The molecule has 0 radical (unpaired) electrons. The predicted octanol–water partition coefficient (Wildman–Crippen LogP) is 0.0418. The molecule has 1 aliphatic rings. The third kappa shape index (κ3) is 3.60. The van der Waals surface area contributed by atoms with Crippen LogP contribution in [0.3, 0.4) is 0 Å². The fraction of sp³-hybridized carbons (Fsp3) is 0.667. The van der Waals surface area contributed by atoms with Crippen LogP contribution in [0.15, 0.2) is 4.90 Å². The summed E-state index contributed by atoms with van der Waals surface area (Å²) in [5.41, 5.74) is 0.810. The Balaban J connectivity index is 2.23. The van der Waals surface area contributed by atoms with Crippen molar-refractivity contribution >= 4 is 16.0 Å². The van der Waals surface area contributed by atoms with Crippen LogP contribution in [0.4, 0.5) is 0 Å². The van der Waals surface area contributed by atoms with Crippen LogP contribution < -0.4 is 4.72 Å². The Morgan fingerprint density at radius 3 is 2.81 bits per heavy atom. The van der Waals surface area contributed by atoms with E-state index in [1.807, 2.05) is 0 Å². The molecule has 21 heavy (non-hydrogen) atoms. The lowest BCUT2D eigenvalue weighted by molar-refractivity contribution is -0.137. The highest BCUT2D eigenvalue weighted by molar-refractivity contribution is 7.89. The lowest BCUT2D eigenvalue weighted by Crippen LogP contribution is -2.35. The van der Waals surface area contributed by atoms with Crippen LogP contribution in [0.1, 0.15) is 24.2 Å². The number of hydrogen-bond acceptors (Lipinski definition) is 5. The van der Waals surface area contributed by atoms with Crippen LogP contribution in [0.2, 0.25) is 0 Å². The van der Waals surface area contributed by atoms with Crippen molar-refractivity contribution in [3.63, 3.8) is 0 Å². The van der Waals surface area contributed by atoms with Crippen LogP contribution >= 0.6 is 0 Å². The second kappa shape index (κ2) is 6.12. The minimum absolute atomic E-state index is 0.106. The van der Waals surface area contributed by atoms with Crippen molar-refractivity contribution in [3.8, 4) is 0 Å². The summed E-state index contributed by atoms with van der Waals surface area (Å²) in [5.74, 6) is -0.951. The van der Waals surface area contributed by atoms with E-state index in [1.54, 1.807) is 13.8 Å². The number of aliphatic carboxylic acids is 1. The van der Waals surface area contributed by atoms with Gasteiger partial charge in [-0.25, -0.2) is 13.1 Å². The van der Waals surface area contributed by atoms with Gasteiger partial charge in [0.05, 0.1) is 31.0 Å². The van der Waals surface area contributed by atoms with Gasteiger partial charge in [-0.15, -0.1) is 0 Å². The van der Waals surface area contributed by atoms with Crippen molar-refractivity contribution in [2.75, 3.05) is 13.2 Å². The van der Waals surface area contributed by atoms with Gasteiger partial charge in [0, 0.05) is 12.6 Å². The molecular formula is C12H19N3O5S. The molecule has 1 saturated heterocycles. The van der Waals surface area contributed by atoms with Gasteiger partial charge < -0.3 is 9.84 Å². The first-order valence-corrected chi connectivity index (χ1v) is 8.15. The van der Waals surface area contributed by atoms with Crippen LogP contribution in [-0.2, 0) is 26.1 Å². The molecule has 0 spiro atoms. The predicted molar refractivity (Wildman–Crippen MR) is 73.5 cm³/mol. The maximum Gasteiger partial charge on any atom is 0.305 e. The van der Waals surface area contributed by atoms with Crippen molar-refractivity contribution in [1.29, 1.82) is 0 Å². The van der Waals surface area contributed by atoms with E-state index in [2.05, 4.69) is 9.82 Å². The maximum atomic E-state index is 12.4. The minimum Gasteiger partial charge on any atom is -0.481 e. The van der Waals surface area contributed by atoms with E-state index in [4.69, 9.17) is 9.84 Å². The zero-order valence-electron chi connectivity index (χ0n) is 12.0. The molecule has 2 N–H and O–H groups in total.